The van der Waals surface area contributed by atoms with Crippen molar-refractivity contribution in [3.63, 3.8) is 0 Å². The zero-order chi connectivity index (χ0) is 16.8. The summed E-state index contributed by atoms with van der Waals surface area (Å²) in [6.07, 6.45) is 5.43. The maximum Gasteiger partial charge on any atom is 0.0430 e. The van der Waals surface area contributed by atoms with Crippen LogP contribution in [0.3, 0.4) is 0 Å². The number of aryl methyl sites for hydroxylation is 1. The van der Waals surface area contributed by atoms with Crippen LogP contribution in [-0.4, -0.2) is 0 Å². The van der Waals surface area contributed by atoms with Crippen LogP contribution in [0.1, 0.15) is 38.1 Å². The van der Waals surface area contributed by atoms with Crippen LogP contribution in [0, 0.1) is 0 Å². The zero-order valence-corrected chi connectivity index (χ0v) is 16.6. The molecule has 120 valence electrons. The van der Waals surface area contributed by atoms with Gasteiger partial charge in [-0.2, -0.15) is 0 Å². The van der Waals surface area contributed by atoms with Gasteiger partial charge in [-0.3, -0.25) is 0 Å². The van der Waals surface area contributed by atoms with Crippen LogP contribution < -0.4 is 0 Å². The molecular weight excluding hydrogens is 364 g/mol. The van der Waals surface area contributed by atoms with E-state index in [0.717, 1.165) is 10.9 Å². The van der Waals surface area contributed by atoms with E-state index < -0.39 is 0 Å². The van der Waals surface area contributed by atoms with Crippen molar-refractivity contribution in [2.45, 2.75) is 34.1 Å². The molecule has 0 aliphatic rings. The molecule has 0 nitrogen and oxygen atoms in total. The van der Waals surface area contributed by atoms with E-state index in [0.29, 0.717) is 0 Å². The number of thiophene rings is 1. The van der Waals surface area contributed by atoms with Crippen LogP contribution in [0.15, 0.2) is 53.0 Å². The monoisotopic (exact) mass is 386 g/mol. The minimum Gasteiger partial charge on any atom is -0.135 e. The number of benzene rings is 2. The number of allylic oxidation sites excluding steroid dienone is 1. The molecule has 1 aromatic heterocycles. The van der Waals surface area contributed by atoms with Crippen molar-refractivity contribution in [2.24, 2.45) is 0 Å². The molecule has 2 heteroatoms. The molecule has 0 saturated carbocycles. The first-order valence-corrected chi connectivity index (χ1v) is 9.78. The molecule has 0 bridgehead atoms. The molecule has 0 aliphatic carbocycles. The normalized spacial score (nSPS) is 10.8. The van der Waals surface area contributed by atoms with Crippen LogP contribution >= 0.6 is 27.3 Å². The van der Waals surface area contributed by atoms with Gasteiger partial charge in [0.25, 0.3) is 0 Å². The fraction of sp³-hybridized carbons (Fsp3) is 0.238. The Morgan fingerprint density at radius 1 is 1.04 bits per heavy atom. The number of fused-ring (bicyclic) bond motifs is 1. The summed E-state index contributed by atoms with van der Waals surface area (Å²) in [4.78, 5) is 1.39. The van der Waals surface area contributed by atoms with Crippen molar-refractivity contribution in [1.29, 1.82) is 0 Å². The minimum atomic E-state index is 1.07. The largest absolute Gasteiger partial charge is 0.135 e. The zero-order valence-electron chi connectivity index (χ0n) is 14.2. The van der Waals surface area contributed by atoms with Crippen LogP contribution in [0.4, 0.5) is 0 Å². The first kappa shape index (κ1) is 18.0. The Balaban J connectivity index is 0.000000924. The maximum atomic E-state index is 3.51. The average Bonchev–Trinajstić information content (AvgIpc) is 2.95. The molecule has 3 rings (SSSR count). The Kier molecular flexibility index (Phi) is 6.61. The Hall–Kier alpha value is -1.38. The molecule has 23 heavy (non-hydrogen) atoms. The number of hydrogen-bond donors (Lipinski definition) is 0. The summed E-state index contributed by atoms with van der Waals surface area (Å²) in [5, 5.41) is 1.40. The van der Waals surface area contributed by atoms with Crippen molar-refractivity contribution in [3.8, 4) is 11.1 Å². The summed E-state index contributed by atoms with van der Waals surface area (Å²) in [5.74, 6) is 0. The SMILES string of the molecule is C/C=C\c1sc2c(-c3ccc(Br)cc3)cccc2c1CC.CC. The van der Waals surface area contributed by atoms with Gasteiger partial charge in [0, 0.05) is 14.0 Å². The van der Waals surface area contributed by atoms with Gasteiger partial charge in [-0.15, -0.1) is 11.3 Å². The van der Waals surface area contributed by atoms with Gasteiger partial charge in [-0.1, -0.05) is 73.1 Å². The predicted octanol–water partition coefficient (Wildman–Crippen LogP) is 7.95. The van der Waals surface area contributed by atoms with Gasteiger partial charge in [0.15, 0.2) is 0 Å². The molecule has 0 amide bonds. The number of rotatable bonds is 3. The smallest absolute Gasteiger partial charge is 0.0430 e. The number of halogens is 1. The highest BCUT2D eigenvalue weighted by Gasteiger charge is 2.12. The lowest BCUT2D eigenvalue weighted by atomic mass is 10.0. The molecule has 1 heterocycles. The van der Waals surface area contributed by atoms with Gasteiger partial charge in [0.05, 0.1) is 0 Å². The summed E-state index contributed by atoms with van der Waals surface area (Å²) in [5.41, 5.74) is 4.07. The predicted molar refractivity (Wildman–Crippen MR) is 110 cm³/mol. The molecule has 0 atom stereocenters. The van der Waals surface area contributed by atoms with Gasteiger partial charge in [-0.25, -0.2) is 0 Å². The van der Waals surface area contributed by atoms with E-state index in [1.165, 1.54) is 31.7 Å². The van der Waals surface area contributed by atoms with Gasteiger partial charge in [0.2, 0.25) is 0 Å². The van der Waals surface area contributed by atoms with Gasteiger partial charge in [-0.05, 0) is 53.6 Å². The van der Waals surface area contributed by atoms with Crippen molar-refractivity contribution >= 4 is 43.4 Å². The van der Waals surface area contributed by atoms with E-state index in [4.69, 9.17) is 0 Å². The van der Waals surface area contributed by atoms with Crippen molar-refractivity contribution in [3.05, 3.63) is 63.5 Å². The molecule has 3 aromatic rings. The molecule has 0 fully saturated rings. The third-order valence-electron chi connectivity index (χ3n) is 3.68. The van der Waals surface area contributed by atoms with E-state index >= 15 is 0 Å². The second kappa shape index (κ2) is 8.47. The lowest BCUT2D eigenvalue weighted by molar-refractivity contribution is 1.17. The van der Waals surface area contributed by atoms with E-state index in [2.05, 4.69) is 84.4 Å². The van der Waals surface area contributed by atoms with E-state index in [9.17, 15) is 0 Å². The fourth-order valence-electron chi connectivity index (χ4n) is 2.70. The van der Waals surface area contributed by atoms with Crippen molar-refractivity contribution < 1.29 is 0 Å². The van der Waals surface area contributed by atoms with E-state index in [1.807, 2.05) is 25.2 Å². The van der Waals surface area contributed by atoms with Gasteiger partial charge in [0.1, 0.15) is 0 Å². The second-order valence-corrected chi connectivity index (χ2v) is 6.96. The summed E-state index contributed by atoms with van der Waals surface area (Å²) in [6.45, 7) is 8.32. The van der Waals surface area contributed by atoms with Crippen LogP contribution in [-0.2, 0) is 6.42 Å². The van der Waals surface area contributed by atoms with E-state index in [1.54, 1.807) is 0 Å². The first-order valence-electron chi connectivity index (χ1n) is 8.17. The highest BCUT2D eigenvalue weighted by atomic mass is 79.9. The van der Waals surface area contributed by atoms with Gasteiger partial charge < -0.3 is 0 Å². The van der Waals surface area contributed by atoms with Crippen molar-refractivity contribution in [2.75, 3.05) is 0 Å². The Bertz CT molecular complexity index is 795. The summed E-state index contributed by atoms with van der Waals surface area (Å²) >= 11 is 5.41. The van der Waals surface area contributed by atoms with E-state index in [-0.39, 0.29) is 0 Å². The third-order valence-corrected chi connectivity index (χ3v) is 5.45. The Labute approximate surface area is 152 Å². The number of hydrogen-bond acceptors (Lipinski definition) is 1. The first-order chi connectivity index (χ1) is 11.2. The second-order valence-electron chi connectivity index (χ2n) is 4.99. The van der Waals surface area contributed by atoms with Gasteiger partial charge >= 0.3 is 0 Å². The molecule has 2 aromatic carbocycles. The maximum absolute atomic E-state index is 3.51. The van der Waals surface area contributed by atoms with Crippen molar-refractivity contribution in [1.82, 2.24) is 0 Å². The lowest BCUT2D eigenvalue weighted by Crippen LogP contribution is -1.81. The lowest BCUT2D eigenvalue weighted by Gasteiger charge is -2.04. The average molecular weight is 387 g/mol. The molecule has 0 N–H and O–H groups in total. The molecular formula is C21H23BrS. The molecule has 0 radical (unpaired) electrons. The topological polar surface area (TPSA) is 0 Å². The Morgan fingerprint density at radius 3 is 2.35 bits per heavy atom. The highest BCUT2D eigenvalue weighted by molar-refractivity contribution is 9.10. The minimum absolute atomic E-state index is 1.07. The summed E-state index contributed by atoms with van der Waals surface area (Å²) in [7, 11) is 0. The fourth-order valence-corrected chi connectivity index (χ4v) is 4.36. The third kappa shape index (κ3) is 3.76. The molecule has 0 spiro atoms. The molecule has 0 aliphatic heterocycles. The standard InChI is InChI=1S/C19H17BrS.C2H6/c1-3-6-18-15(4-2)17-8-5-7-16(19(17)21-18)13-9-11-14(20)12-10-13;1-2/h3,5-12H,4H2,1-2H3;1-2H3/b6-3-;. The van der Waals surface area contributed by atoms with Crippen LogP contribution in [0.5, 0.6) is 0 Å². The summed E-state index contributed by atoms with van der Waals surface area (Å²) in [6, 6.07) is 15.2. The Morgan fingerprint density at radius 2 is 1.74 bits per heavy atom. The quantitative estimate of drug-likeness (QED) is 0.428. The summed E-state index contributed by atoms with van der Waals surface area (Å²) < 4.78 is 2.51. The van der Waals surface area contributed by atoms with Crippen LogP contribution in [0.2, 0.25) is 0 Å². The molecule has 0 unspecified atom stereocenters. The molecule has 0 saturated heterocycles. The highest BCUT2D eigenvalue weighted by Crippen LogP contribution is 2.39. The van der Waals surface area contributed by atoms with Crippen LogP contribution in [0.25, 0.3) is 27.3 Å².